The average molecular weight is 659 g/mol. The molecule has 4 rings (SSSR count). The van der Waals surface area contributed by atoms with Gasteiger partial charge in [-0.2, -0.15) is 26.3 Å². The van der Waals surface area contributed by atoms with Gasteiger partial charge in [-0.05, 0) is 70.2 Å². The van der Waals surface area contributed by atoms with Crippen molar-refractivity contribution in [2.75, 3.05) is 29.9 Å². The van der Waals surface area contributed by atoms with E-state index in [9.17, 15) is 35.9 Å². The van der Waals surface area contributed by atoms with E-state index in [4.69, 9.17) is 4.74 Å². The van der Waals surface area contributed by atoms with Crippen molar-refractivity contribution in [1.29, 1.82) is 0 Å². The molecule has 15 heteroatoms. The Bertz CT molecular complexity index is 1350. The number of anilines is 2. The highest BCUT2D eigenvalue weighted by molar-refractivity contribution is 5.93. The number of likely N-dealkylation sites (tertiary alicyclic amines) is 1. The maximum absolute atomic E-state index is 13.7. The number of rotatable bonds is 7. The number of hydrogen-bond donors (Lipinski definition) is 0. The van der Waals surface area contributed by atoms with Crippen LogP contribution in [0.25, 0.3) is 0 Å². The second-order valence-electron chi connectivity index (χ2n) is 12.8. The zero-order valence-corrected chi connectivity index (χ0v) is 26.7. The molecular weight excluding hydrogens is 618 g/mol. The van der Waals surface area contributed by atoms with Crippen LogP contribution < -0.4 is 9.80 Å². The van der Waals surface area contributed by atoms with Gasteiger partial charge in [0.15, 0.2) is 0 Å². The van der Waals surface area contributed by atoms with E-state index in [1.165, 1.54) is 22.2 Å². The van der Waals surface area contributed by atoms with E-state index < -0.39 is 41.2 Å². The number of aromatic nitrogens is 2. The van der Waals surface area contributed by atoms with Gasteiger partial charge in [0.1, 0.15) is 5.60 Å². The number of amides is 3. The lowest BCUT2D eigenvalue weighted by molar-refractivity contribution is -0.143. The fourth-order valence-electron chi connectivity index (χ4n) is 6.00. The summed E-state index contributed by atoms with van der Waals surface area (Å²) in [5.41, 5.74) is -3.38. The number of halogens is 6. The SMILES string of the molecule is CC[C@@H]1C[C@H](N(Cc2cc(C(F)(F)F)cc(C(F)(F)F)c2)c2ncc(N3CCN(C)C3=O)cn2)C[C@H](CC)N1C(=O)OC(C)(C)C. The molecule has 2 aliphatic heterocycles. The van der Waals surface area contributed by atoms with Crippen molar-refractivity contribution in [1.82, 2.24) is 19.8 Å². The van der Waals surface area contributed by atoms with Gasteiger partial charge in [0.05, 0.1) is 29.2 Å². The van der Waals surface area contributed by atoms with E-state index in [0.29, 0.717) is 56.6 Å². The first kappa shape index (κ1) is 35.1. The second-order valence-corrected chi connectivity index (χ2v) is 12.8. The predicted octanol–water partition coefficient (Wildman–Crippen LogP) is 7.35. The number of carbonyl (C=O) groups is 2. The molecule has 0 spiro atoms. The Kier molecular flexibility index (Phi) is 10.0. The van der Waals surface area contributed by atoms with E-state index in [2.05, 4.69) is 9.97 Å². The smallest absolute Gasteiger partial charge is 0.416 e. The van der Waals surface area contributed by atoms with E-state index in [0.717, 1.165) is 0 Å². The molecular formula is C31H40F6N6O3. The Morgan fingerprint density at radius 1 is 0.913 bits per heavy atom. The number of benzene rings is 1. The van der Waals surface area contributed by atoms with Crippen LogP contribution >= 0.6 is 0 Å². The first-order chi connectivity index (χ1) is 21.3. The average Bonchev–Trinajstić information content (AvgIpc) is 3.30. The monoisotopic (exact) mass is 658 g/mol. The third-order valence-electron chi connectivity index (χ3n) is 8.27. The van der Waals surface area contributed by atoms with Crippen LogP contribution in [0.2, 0.25) is 0 Å². The number of piperidine rings is 1. The third-order valence-corrected chi connectivity index (χ3v) is 8.27. The van der Waals surface area contributed by atoms with Crippen molar-refractivity contribution in [3.05, 3.63) is 47.3 Å². The largest absolute Gasteiger partial charge is 0.444 e. The molecule has 0 aliphatic carbocycles. The van der Waals surface area contributed by atoms with Gasteiger partial charge < -0.3 is 19.4 Å². The summed E-state index contributed by atoms with van der Waals surface area (Å²) in [4.78, 5) is 41.0. The molecule has 3 amide bonds. The van der Waals surface area contributed by atoms with Crippen molar-refractivity contribution in [3.8, 4) is 0 Å². The molecule has 1 aromatic heterocycles. The molecule has 1 aromatic carbocycles. The molecule has 2 aliphatic rings. The maximum Gasteiger partial charge on any atom is 0.416 e. The molecule has 9 nitrogen and oxygen atoms in total. The van der Waals surface area contributed by atoms with Gasteiger partial charge in [0, 0.05) is 44.8 Å². The summed E-state index contributed by atoms with van der Waals surface area (Å²) in [6.07, 6.45) is -5.89. The quantitative estimate of drug-likeness (QED) is 0.290. The standard InChI is InChI=1S/C31H40F6N6O3/c1-7-22-14-24(15-23(8-2)43(22)28(45)46-29(3,4)5)42(26-38-16-25(17-39-26)41-10-9-40(6)27(41)44)18-19-11-20(30(32,33)34)13-21(12-19)31(35,36)37/h11-13,16-17,22-24H,7-10,14-15,18H2,1-6H3/t22-,23+,24+. The normalized spacial score (nSPS) is 21.2. The highest BCUT2D eigenvalue weighted by Gasteiger charge is 2.42. The Labute approximate surface area is 264 Å². The summed E-state index contributed by atoms with van der Waals surface area (Å²) in [7, 11) is 1.65. The molecule has 2 fully saturated rings. The highest BCUT2D eigenvalue weighted by Crippen LogP contribution is 2.38. The summed E-state index contributed by atoms with van der Waals surface area (Å²) >= 11 is 0. The summed E-state index contributed by atoms with van der Waals surface area (Å²) < 4.78 is 88.1. The number of ether oxygens (including phenoxy) is 1. The zero-order valence-electron chi connectivity index (χ0n) is 26.7. The van der Waals surface area contributed by atoms with Gasteiger partial charge in [0.2, 0.25) is 5.95 Å². The molecule has 3 heterocycles. The minimum atomic E-state index is -5.01. The lowest BCUT2D eigenvalue weighted by Gasteiger charge is -2.48. The fraction of sp³-hybridized carbons (Fsp3) is 0.613. The molecule has 0 unspecified atom stereocenters. The summed E-state index contributed by atoms with van der Waals surface area (Å²) in [6.45, 7) is 9.64. The molecule has 46 heavy (non-hydrogen) atoms. The van der Waals surface area contributed by atoms with E-state index >= 15 is 0 Å². The minimum Gasteiger partial charge on any atom is -0.444 e. The third kappa shape index (κ3) is 7.95. The number of alkyl halides is 6. The number of hydrogen-bond acceptors (Lipinski definition) is 6. The van der Waals surface area contributed by atoms with Crippen molar-refractivity contribution in [3.63, 3.8) is 0 Å². The predicted molar refractivity (Wildman–Crippen MR) is 159 cm³/mol. The first-order valence-corrected chi connectivity index (χ1v) is 15.2. The van der Waals surface area contributed by atoms with Crippen LogP contribution in [0.1, 0.15) is 77.0 Å². The van der Waals surface area contributed by atoms with Crippen LogP contribution in [0.4, 0.5) is 47.6 Å². The maximum atomic E-state index is 13.7. The second kappa shape index (κ2) is 13.1. The number of nitrogens with zero attached hydrogens (tertiary/aromatic N) is 6. The van der Waals surface area contributed by atoms with Gasteiger partial charge >= 0.3 is 24.5 Å². The Morgan fingerprint density at radius 3 is 1.85 bits per heavy atom. The van der Waals surface area contributed by atoms with Crippen LogP contribution in [-0.4, -0.2) is 75.8 Å². The number of urea groups is 1. The molecule has 0 radical (unpaired) electrons. The van der Waals surface area contributed by atoms with Crippen LogP contribution in [0, 0.1) is 0 Å². The Balaban J connectivity index is 1.75. The number of carbonyl (C=O) groups excluding carboxylic acids is 2. The highest BCUT2D eigenvalue weighted by atomic mass is 19.4. The van der Waals surface area contributed by atoms with Gasteiger partial charge in [-0.1, -0.05) is 13.8 Å². The van der Waals surface area contributed by atoms with Crippen LogP contribution in [0.5, 0.6) is 0 Å². The van der Waals surface area contributed by atoms with Crippen molar-refractivity contribution >= 4 is 23.8 Å². The lowest BCUT2D eigenvalue weighted by Crippen LogP contribution is -2.57. The molecule has 2 aromatic rings. The lowest BCUT2D eigenvalue weighted by atomic mass is 9.87. The van der Waals surface area contributed by atoms with E-state index in [1.807, 2.05) is 13.8 Å². The van der Waals surface area contributed by atoms with Crippen molar-refractivity contribution in [2.45, 2.75) is 103 Å². The molecule has 2 saturated heterocycles. The molecule has 3 atom stereocenters. The molecule has 0 saturated carbocycles. The summed E-state index contributed by atoms with van der Waals surface area (Å²) in [6, 6.07) is 0.156. The molecule has 0 N–H and O–H groups in total. The zero-order chi connectivity index (χ0) is 34.2. The number of likely N-dealkylation sites (N-methyl/N-ethyl adjacent to an activating group) is 1. The van der Waals surface area contributed by atoms with Gasteiger partial charge in [-0.25, -0.2) is 19.6 Å². The van der Waals surface area contributed by atoms with Gasteiger partial charge in [-0.3, -0.25) is 4.90 Å². The molecule has 0 bridgehead atoms. The van der Waals surface area contributed by atoms with Crippen molar-refractivity contribution < 1.29 is 40.7 Å². The van der Waals surface area contributed by atoms with E-state index in [-0.39, 0.29) is 42.2 Å². The van der Waals surface area contributed by atoms with Gasteiger partial charge in [0.25, 0.3) is 0 Å². The summed E-state index contributed by atoms with van der Waals surface area (Å²) in [5, 5.41) is 0. The summed E-state index contributed by atoms with van der Waals surface area (Å²) in [5.74, 6) is 0.0788. The van der Waals surface area contributed by atoms with Crippen LogP contribution in [-0.2, 0) is 23.6 Å². The Hall–Kier alpha value is -3.78. The van der Waals surface area contributed by atoms with E-state index in [1.54, 1.807) is 37.6 Å². The first-order valence-electron chi connectivity index (χ1n) is 15.2. The molecule has 254 valence electrons. The van der Waals surface area contributed by atoms with Crippen LogP contribution in [0.15, 0.2) is 30.6 Å². The fourth-order valence-corrected chi connectivity index (χ4v) is 6.00. The van der Waals surface area contributed by atoms with Crippen molar-refractivity contribution in [2.24, 2.45) is 0 Å². The topological polar surface area (TPSA) is 82.1 Å². The van der Waals surface area contributed by atoms with Gasteiger partial charge in [-0.15, -0.1) is 0 Å². The Morgan fingerprint density at radius 2 is 1.43 bits per heavy atom. The van der Waals surface area contributed by atoms with Crippen LogP contribution in [0.3, 0.4) is 0 Å². The minimum absolute atomic E-state index is 0.0788.